The lowest BCUT2D eigenvalue weighted by molar-refractivity contribution is 0.0952. The highest BCUT2D eigenvalue weighted by atomic mass is 19.1. The maximum Gasteiger partial charge on any atom is 0.252 e. The van der Waals surface area contributed by atoms with Gasteiger partial charge in [0.05, 0.1) is 17.3 Å². The second-order valence-electron chi connectivity index (χ2n) is 8.40. The predicted molar refractivity (Wildman–Crippen MR) is 124 cm³/mol. The molecule has 168 valence electrons. The van der Waals surface area contributed by atoms with E-state index in [1.165, 1.54) is 38.1 Å². The quantitative estimate of drug-likeness (QED) is 0.473. The number of piperidine rings is 1. The van der Waals surface area contributed by atoms with E-state index in [1.54, 1.807) is 30.3 Å². The Kier molecular flexibility index (Phi) is 7.32. The number of nitrogens with zero attached hydrogens (tertiary/aromatic N) is 2. The van der Waals surface area contributed by atoms with Gasteiger partial charge in [-0.05, 0) is 70.0 Å². The minimum atomic E-state index is -0.375. The fourth-order valence-corrected chi connectivity index (χ4v) is 4.28. The number of aromatic nitrogens is 1. The van der Waals surface area contributed by atoms with Gasteiger partial charge in [0.25, 0.3) is 5.91 Å². The summed E-state index contributed by atoms with van der Waals surface area (Å²) in [4.78, 5) is 19.7. The molecule has 0 spiro atoms. The van der Waals surface area contributed by atoms with Gasteiger partial charge in [-0.25, -0.2) is 9.37 Å². The van der Waals surface area contributed by atoms with Crippen LogP contribution in [0.5, 0.6) is 0 Å². The summed E-state index contributed by atoms with van der Waals surface area (Å²) in [6, 6.07) is 14.3. The molecule has 1 aliphatic heterocycles. The van der Waals surface area contributed by atoms with Crippen LogP contribution in [0.1, 0.15) is 49.4 Å². The van der Waals surface area contributed by atoms with Gasteiger partial charge in [-0.3, -0.25) is 4.79 Å². The van der Waals surface area contributed by atoms with Crippen molar-refractivity contribution in [2.24, 2.45) is 0 Å². The van der Waals surface area contributed by atoms with Gasteiger partial charge in [0.15, 0.2) is 5.76 Å². The van der Waals surface area contributed by atoms with Gasteiger partial charge in [-0.1, -0.05) is 30.7 Å². The van der Waals surface area contributed by atoms with Crippen LogP contribution in [0.15, 0.2) is 59.1 Å². The van der Waals surface area contributed by atoms with Gasteiger partial charge >= 0.3 is 0 Å². The Labute approximate surface area is 188 Å². The average Bonchev–Trinajstić information content (AvgIpc) is 3.30. The van der Waals surface area contributed by atoms with Crippen LogP contribution in [0.4, 0.5) is 4.39 Å². The van der Waals surface area contributed by atoms with Crippen molar-refractivity contribution < 1.29 is 13.6 Å². The van der Waals surface area contributed by atoms with E-state index in [1.807, 2.05) is 12.1 Å². The smallest absolute Gasteiger partial charge is 0.252 e. The molecule has 32 heavy (non-hydrogen) atoms. The van der Waals surface area contributed by atoms with Crippen LogP contribution in [0.2, 0.25) is 0 Å². The largest absolute Gasteiger partial charge is 0.436 e. The molecule has 2 heterocycles. The van der Waals surface area contributed by atoms with Crippen molar-refractivity contribution in [3.63, 3.8) is 0 Å². The van der Waals surface area contributed by atoms with E-state index < -0.39 is 0 Å². The maximum absolute atomic E-state index is 14.1. The summed E-state index contributed by atoms with van der Waals surface area (Å²) in [6.45, 7) is 5.20. The highest BCUT2D eigenvalue weighted by molar-refractivity contribution is 6.00. The van der Waals surface area contributed by atoms with Crippen molar-refractivity contribution in [3.05, 3.63) is 66.1 Å². The molecule has 1 saturated heterocycles. The Morgan fingerprint density at radius 1 is 1.12 bits per heavy atom. The Morgan fingerprint density at radius 3 is 2.72 bits per heavy atom. The molecule has 1 aliphatic rings. The van der Waals surface area contributed by atoms with Crippen LogP contribution >= 0.6 is 0 Å². The van der Waals surface area contributed by atoms with Crippen LogP contribution in [-0.4, -0.2) is 41.5 Å². The molecule has 2 aromatic carbocycles. The number of hydrogen-bond donors (Lipinski definition) is 1. The first-order valence-corrected chi connectivity index (χ1v) is 11.5. The van der Waals surface area contributed by atoms with E-state index in [9.17, 15) is 9.18 Å². The van der Waals surface area contributed by atoms with Gasteiger partial charge in [0.1, 0.15) is 5.82 Å². The lowest BCUT2D eigenvalue weighted by Gasteiger charge is -2.33. The Hall–Kier alpha value is -2.99. The molecule has 5 nitrogen and oxygen atoms in total. The highest BCUT2D eigenvalue weighted by Gasteiger charge is 2.19. The first-order chi connectivity index (χ1) is 15.6. The van der Waals surface area contributed by atoms with Gasteiger partial charge in [-0.2, -0.15) is 0 Å². The molecule has 3 aromatic rings. The molecule has 1 unspecified atom stereocenters. The molecule has 1 fully saturated rings. The van der Waals surface area contributed by atoms with E-state index in [4.69, 9.17) is 4.42 Å². The third kappa shape index (κ3) is 5.25. The van der Waals surface area contributed by atoms with Gasteiger partial charge in [0, 0.05) is 18.2 Å². The summed E-state index contributed by atoms with van der Waals surface area (Å²) in [6.07, 6.45) is 7.40. The van der Waals surface area contributed by atoms with E-state index in [2.05, 4.69) is 22.1 Å². The molecule has 6 heteroatoms. The summed E-state index contributed by atoms with van der Waals surface area (Å²) in [7, 11) is 0. The highest BCUT2D eigenvalue weighted by Crippen LogP contribution is 2.29. The van der Waals surface area contributed by atoms with E-state index in [0.29, 0.717) is 40.9 Å². The number of hydrogen-bond acceptors (Lipinski definition) is 4. The van der Waals surface area contributed by atoms with Gasteiger partial charge in [0.2, 0.25) is 5.89 Å². The number of halogens is 1. The Balaban J connectivity index is 1.36. The van der Waals surface area contributed by atoms with Gasteiger partial charge < -0.3 is 14.6 Å². The van der Waals surface area contributed by atoms with Crippen LogP contribution in [-0.2, 0) is 0 Å². The number of carbonyl (C=O) groups is 1. The minimum Gasteiger partial charge on any atom is -0.436 e. The summed E-state index contributed by atoms with van der Waals surface area (Å²) < 4.78 is 19.9. The normalized spacial score (nSPS) is 16.8. The summed E-state index contributed by atoms with van der Waals surface area (Å²) in [5.41, 5.74) is 1.44. The summed E-state index contributed by atoms with van der Waals surface area (Å²) in [5.74, 6) is 0.103. The second-order valence-corrected chi connectivity index (χ2v) is 8.40. The number of oxazole rings is 1. The number of rotatable bonds is 8. The van der Waals surface area contributed by atoms with Crippen LogP contribution in [0.3, 0.4) is 0 Å². The summed E-state index contributed by atoms with van der Waals surface area (Å²) >= 11 is 0. The molecule has 1 amide bonds. The number of nitrogens with one attached hydrogen (secondary N) is 1. The van der Waals surface area contributed by atoms with Crippen molar-refractivity contribution in [2.45, 2.75) is 45.1 Å². The van der Waals surface area contributed by atoms with Crippen molar-refractivity contribution in [2.75, 3.05) is 19.6 Å². The van der Waals surface area contributed by atoms with E-state index >= 15 is 0 Å². The van der Waals surface area contributed by atoms with Crippen molar-refractivity contribution in [1.29, 1.82) is 0 Å². The minimum absolute atomic E-state index is 0.155. The lowest BCUT2D eigenvalue weighted by atomic mass is 10.0. The number of amides is 1. The standard InChI is InChI=1S/C26H30FN3O2/c1-19-10-6-8-16-30(19)17-9-7-15-28-25(31)20-11-2-3-12-21(20)26-29-18-24(32-26)22-13-4-5-14-23(22)27/h2-5,11-14,18-19H,6-10,15-17H2,1H3,(H,28,31). The van der Waals surface area contributed by atoms with Crippen LogP contribution in [0.25, 0.3) is 22.8 Å². The molecular formula is C26H30FN3O2. The van der Waals surface area contributed by atoms with Gasteiger partial charge in [-0.15, -0.1) is 0 Å². The fourth-order valence-electron chi connectivity index (χ4n) is 4.28. The fraction of sp³-hybridized carbons (Fsp3) is 0.385. The van der Waals surface area contributed by atoms with Crippen LogP contribution in [0, 0.1) is 5.82 Å². The zero-order valence-corrected chi connectivity index (χ0v) is 18.5. The Morgan fingerprint density at radius 2 is 1.91 bits per heavy atom. The zero-order valence-electron chi connectivity index (χ0n) is 18.5. The third-order valence-electron chi connectivity index (χ3n) is 6.15. The second kappa shape index (κ2) is 10.6. The predicted octanol–water partition coefficient (Wildman–Crippen LogP) is 5.53. The SMILES string of the molecule is CC1CCCCN1CCCCNC(=O)c1ccccc1-c1ncc(-c2ccccc2F)o1. The van der Waals surface area contributed by atoms with Crippen molar-refractivity contribution >= 4 is 5.91 Å². The first kappa shape index (κ1) is 22.2. The molecule has 0 bridgehead atoms. The number of unbranched alkanes of at least 4 members (excludes halogenated alkanes) is 1. The maximum atomic E-state index is 14.1. The molecule has 0 aliphatic carbocycles. The number of likely N-dealkylation sites (tertiary alicyclic amines) is 1. The Bertz CT molecular complexity index is 1050. The van der Waals surface area contributed by atoms with E-state index in [-0.39, 0.29) is 11.7 Å². The van der Waals surface area contributed by atoms with Crippen LogP contribution < -0.4 is 5.32 Å². The molecule has 1 N–H and O–H groups in total. The molecular weight excluding hydrogens is 405 g/mol. The van der Waals surface area contributed by atoms with Crippen molar-refractivity contribution in [3.8, 4) is 22.8 Å². The first-order valence-electron chi connectivity index (χ1n) is 11.5. The monoisotopic (exact) mass is 435 g/mol. The zero-order chi connectivity index (χ0) is 22.3. The average molecular weight is 436 g/mol. The molecule has 0 radical (unpaired) electrons. The summed E-state index contributed by atoms with van der Waals surface area (Å²) in [5, 5.41) is 3.02. The topological polar surface area (TPSA) is 58.4 Å². The third-order valence-corrected chi connectivity index (χ3v) is 6.15. The molecule has 1 atom stereocenters. The number of benzene rings is 2. The van der Waals surface area contributed by atoms with Crippen molar-refractivity contribution in [1.82, 2.24) is 15.2 Å². The lowest BCUT2D eigenvalue weighted by Crippen LogP contribution is -2.38. The molecule has 1 aromatic heterocycles. The molecule has 4 rings (SSSR count). The molecule has 0 saturated carbocycles. The van der Waals surface area contributed by atoms with E-state index in [0.717, 1.165) is 19.4 Å². The number of carbonyl (C=O) groups excluding carboxylic acids is 1.